The van der Waals surface area contributed by atoms with Gasteiger partial charge in [0.05, 0.1) is 19.2 Å². The van der Waals surface area contributed by atoms with E-state index in [0.29, 0.717) is 11.2 Å². The first-order valence-electron chi connectivity index (χ1n) is 8.12. The van der Waals surface area contributed by atoms with Crippen molar-refractivity contribution in [3.8, 4) is 0 Å². The fourth-order valence-electron chi connectivity index (χ4n) is 3.30. The molecule has 4 unspecified atom stereocenters. The number of nitrogens with zero attached hydrogens (tertiary/aromatic N) is 3. The summed E-state index contributed by atoms with van der Waals surface area (Å²) in [5.41, 5.74) is 6.61. The van der Waals surface area contributed by atoms with Crippen molar-refractivity contribution in [2.75, 3.05) is 18.6 Å². The second-order valence-corrected chi connectivity index (χ2v) is 8.89. The van der Waals surface area contributed by atoms with E-state index in [9.17, 15) is 8.42 Å². The van der Waals surface area contributed by atoms with E-state index in [-0.39, 0.29) is 17.2 Å². The number of fused-ring (bicyclic) bond motifs is 2. The molecule has 4 rings (SSSR count). The Morgan fingerprint density at radius 2 is 2.22 bits per heavy atom. The Balaban J connectivity index is 1.80. The number of aromatic amines is 1. The molecule has 2 aromatic heterocycles. The number of nitrogens with two attached hydrogens (primary N) is 1. The quantitative estimate of drug-likeness (QED) is 0.534. The van der Waals surface area contributed by atoms with Crippen molar-refractivity contribution in [3.05, 3.63) is 11.0 Å². The van der Waals surface area contributed by atoms with Crippen LogP contribution < -0.4 is 5.73 Å². The third-order valence-electron chi connectivity index (χ3n) is 4.33. The van der Waals surface area contributed by atoms with Gasteiger partial charge in [-0.05, 0) is 13.8 Å². The number of aromatic nitrogens is 4. The minimum absolute atomic E-state index is 0.103. The fourth-order valence-corrected chi connectivity index (χ4v) is 4.16. The molecule has 13 heteroatoms. The Hall–Kier alpha value is -1.64. The second-order valence-electron chi connectivity index (χ2n) is 6.90. The summed E-state index contributed by atoms with van der Waals surface area (Å²) in [6.07, 6.45) is -0.553. The third-order valence-corrected chi connectivity index (χ3v) is 5.18. The first kappa shape index (κ1) is 18.7. The molecule has 0 radical (unpaired) electrons. The van der Waals surface area contributed by atoms with Crippen molar-refractivity contribution in [2.24, 2.45) is 0 Å². The SMILES string of the molecule is CC1(C)OCC2OC(n3cnc4c(=S)nc(N)[nH]c43)C(OS(C)(=O)=O)C2O1. The van der Waals surface area contributed by atoms with E-state index in [4.69, 9.17) is 36.3 Å². The maximum absolute atomic E-state index is 11.9. The lowest BCUT2D eigenvalue weighted by molar-refractivity contribution is -0.299. The van der Waals surface area contributed by atoms with E-state index in [1.54, 1.807) is 18.4 Å². The van der Waals surface area contributed by atoms with Gasteiger partial charge in [-0.2, -0.15) is 8.42 Å². The number of ether oxygens (including phenoxy) is 3. The van der Waals surface area contributed by atoms with E-state index < -0.39 is 40.4 Å². The van der Waals surface area contributed by atoms with Crippen LogP contribution in [0.3, 0.4) is 0 Å². The van der Waals surface area contributed by atoms with Crippen LogP contribution in [0.4, 0.5) is 5.95 Å². The lowest BCUT2D eigenvalue weighted by Crippen LogP contribution is -2.50. The highest BCUT2D eigenvalue weighted by Crippen LogP contribution is 2.40. The molecule has 27 heavy (non-hydrogen) atoms. The van der Waals surface area contributed by atoms with Gasteiger partial charge in [0, 0.05) is 0 Å². The van der Waals surface area contributed by atoms with Crippen molar-refractivity contribution in [3.63, 3.8) is 0 Å². The summed E-state index contributed by atoms with van der Waals surface area (Å²) in [5, 5.41) is 0. The molecule has 2 aliphatic heterocycles. The topological polar surface area (TPSA) is 144 Å². The van der Waals surface area contributed by atoms with Gasteiger partial charge in [0.15, 0.2) is 28.7 Å². The number of hydrogen-bond acceptors (Lipinski definition) is 10. The summed E-state index contributed by atoms with van der Waals surface area (Å²) in [5.74, 6) is -0.796. The zero-order chi connectivity index (χ0) is 19.6. The summed E-state index contributed by atoms with van der Waals surface area (Å²) in [4.78, 5) is 11.1. The van der Waals surface area contributed by atoms with Gasteiger partial charge < -0.3 is 24.9 Å². The van der Waals surface area contributed by atoms with Crippen LogP contribution in [0, 0.1) is 4.64 Å². The average molecular weight is 417 g/mol. The van der Waals surface area contributed by atoms with E-state index >= 15 is 0 Å². The van der Waals surface area contributed by atoms with Gasteiger partial charge in [-0.25, -0.2) is 9.97 Å². The van der Waals surface area contributed by atoms with Crippen LogP contribution in [0.25, 0.3) is 11.2 Å². The Labute approximate surface area is 159 Å². The van der Waals surface area contributed by atoms with E-state index in [2.05, 4.69) is 15.0 Å². The van der Waals surface area contributed by atoms with Crippen LogP contribution in [0.1, 0.15) is 20.1 Å². The molecule has 0 saturated carbocycles. The molecule has 2 fully saturated rings. The number of nitrogen functional groups attached to an aromatic ring is 1. The summed E-state index contributed by atoms with van der Waals surface area (Å²) >= 11 is 5.18. The molecular weight excluding hydrogens is 398 g/mol. The summed E-state index contributed by atoms with van der Waals surface area (Å²) in [6, 6.07) is 0. The number of anilines is 1. The molecule has 0 aromatic carbocycles. The fraction of sp³-hybridized carbons (Fsp3) is 0.643. The Bertz CT molecular complexity index is 1050. The van der Waals surface area contributed by atoms with Gasteiger partial charge in [0.1, 0.15) is 23.4 Å². The maximum atomic E-state index is 11.9. The zero-order valence-electron chi connectivity index (χ0n) is 14.8. The maximum Gasteiger partial charge on any atom is 0.264 e. The molecule has 0 spiro atoms. The molecule has 3 N–H and O–H groups in total. The van der Waals surface area contributed by atoms with Crippen molar-refractivity contribution < 1.29 is 26.8 Å². The molecule has 148 valence electrons. The van der Waals surface area contributed by atoms with Gasteiger partial charge >= 0.3 is 0 Å². The highest BCUT2D eigenvalue weighted by Gasteiger charge is 2.54. The van der Waals surface area contributed by atoms with Crippen LogP contribution in [0.5, 0.6) is 0 Å². The Kier molecular flexibility index (Phi) is 4.29. The molecule has 2 aromatic rings. The Morgan fingerprint density at radius 1 is 1.48 bits per heavy atom. The smallest absolute Gasteiger partial charge is 0.264 e. The highest BCUT2D eigenvalue weighted by atomic mass is 32.2. The molecule has 2 aliphatic rings. The van der Waals surface area contributed by atoms with E-state index in [1.165, 1.54) is 6.33 Å². The average Bonchev–Trinajstić information content (AvgIpc) is 3.07. The van der Waals surface area contributed by atoms with E-state index in [1.807, 2.05) is 0 Å². The molecule has 0 bridgehead atoms. The minimum Gasteiger partial charge on any atom is -0.369 e. The summed E-state index contributed by atoms with van der Waals surface area (Å²) in [6.45, 7) is 3.71. The van der Waals surface area contributed by atoms with Gasteiger partial charge in [-0.1, -0.05) is 12.2 Å². The molecule has 2 saturated heterocycles. The summed E-state index contributed by atoms with van der Waals surface area (Å²) in [7, 11) is -3.79. The van der Waals surface area contributed by atoms with Crippen LogP contribution in [0.15, 0.2) is 6.33 Å². The van der Waals surface area contributed by atoms with Crippen LogP contribution >= 0.6 is 12.2 Å². The van der Waals surface area contributed by atoms with Gasteiger partial charge in [0.25, 0.3) is 10.1 Å². The molecule has 0 aliphatic carbocycles. The number of hydrogen-bond donors (Lipinski definition) is 2. The predicted octanol–water partition coefficient (Wildman–Crippen LogP) is 0.465. The highest BCUT2D eigenvalue weighted by molar-refractivity contribution is 7.86. The van der Waals surface area contributed by atoms with Gasteiger partial charge in [-0.15, -0.1) is 0 Å². The van der Waals surface area contributed by atoms with E-state index in [0.717, 1.165) is 6.26 Å². The van der Waals surface area contributed by atoms with Crippen LogP contribution in [0.2, 0.25) is 0 Å². The van der Waals surface area contributed by atoms with Crippen LogP contribution in [-0.2, 0) is 28.5 Å². The molecular formula is C14H19N5O6S2. The normalized spacial score (nSPS) is 30.5. The number of imidazole rings is 1. The van der Waals surface area contributed by atoms with Crippen molar-refractivity contribution in [1.82, 2.24) is 19.5 Å². The second kappa shape index (κ2) is 6.18. The molecule has 4 heterocycles. The lowest BCUT2D eigenvalue weighted by Gasteiger charge is -2.38. The molecule has 4 atom stereocenters. The van der Waals surface area contributed by atoms with Crippen molar-refractivity contribution in [1.29, 1.82) is 0 Å². The van der Waals surface area contributed by atoms with Crippen molar-refractivity contribution >= 4 is 39.4 Å². The minimum atomic E-state index is -3.79. The number of nitrogens with one attached hydrogen (secondary N) is 1. The zero-order valence-corrected chi connectivity index (χ0v) is 16.4. The third kappa shape index (κ3) is 3.46. The van der Waals surface area contributed by atoms with Crippen molar-refractivity contribution in [2.45, 2.75) is 44.2 Å². The standard InChI is InChI=1S/C14H19N5O6S2/c1-14(2)22-4-6-8(24-14)9(25-27(3,20)21)12(23-6)19-5-16-7-10(19)17-13(15)18-11(7)26/h5-6,8-9,12H,4H2,1-3H3,(H3,15,17,18,26). The molecule has 0 amide bonds. The lowest BCUT2D eigenvalue weighted by atomic mass is 10.1. The Morgan fingerprint density at radius 3 is 2.93 bits per heavy atom. The number of rotatable bonds is 3. The van der Waals surface area contributed by atoms with Crippen LogP contribution in [-0.4, -0.2) is 64.9 Å². The van der Waals surface area contributed by atoms with Gasteiger partial charge in [0.2, 0.25) is 0 Å². The first-order valence-corrected chi connectivity index (χ1v) is 10.3. The van der Waals surface area contributed by atoms with Gasteiger partial charge in [-0.3, -0.25) is 8.75 Å². The molecule has 11 nitrogen and oxygen atoms in total. The summed E-state index contributed by atoms with van der Waals surface area (Å²) < 4.78 is 48.4. The predicted molar refractivity (Wildman–Crippen MR) is 95.7 cm³/mol. The first-order chi connectivity index (χ1) is 12.5. The monoisotopic (exact) mass is 417 g/mol. The largest absolute Gasteiger partial charge is 0.369 e. The number of H-pyrrole nitrogens is 1.